The number of anilines is 1. The number of rotatable bonds is 5. The molecule has 19 heavy (non-hydrogen) atoms. The second kappa shape index (κ2) is 9.83. The Bertz CT molecular complexity index is 370. The van der Waals surface area contributed by atoms with Gasteiger partial charge in [-0.2, -0.15) is 0 Å². The molecule has 0 aliphatic carbocycles. The number of hydrogen-bond donors (Lipinski definition) is 2. The van der Waals surface area contributed by atoms with Crippen molar-refractivity contribution >= 4 is 36.4 Å². The summed E-state index contributed by atoms with van der Waals surface area (Å²) < 4.78 is 0. The molecule has 110 valence electrons. The first-order valence-corrected chi connectivity index (χ1v) is 5.62. The maximum atomic E-state index is 11.6. The van der Waals surface area contributed by atoms with E-state index in [4.69, 9.17) is 5.73 Å². The highest BCUT2D eigenvalue weighted by atomic mass is 35.5. The van der Waals surface area contributed by atoms with E-state index in [-0.39, 0.29) is 30.7 Å². The van der Waals surface area contributed by atoms with Crippen LogP contribution in [0.2, 0.25) is 0 Å². The van der Waals surface area contributed by atoms with Crippen LogP contribution in [0.3, 0.4) is 0 Å². The van der Waals surface area contributed by atoms with Crippen molar-refractivity contribution in [2.75, 3.05) is 26.4 Å². The molecule has 0 saturated heterocycles. The monoisotopic (exact) mass is 308 g/mol. The number of aromatic nitrogens is 1. The molecular weight excluding hydrogens is 287 g/mol. The van der Waals surface area contributed by atoms with Gasteiger partial charge < -0.3 is 16.0 Å². The zero-order valence-corrected chi connectivity index (χ0v) is 13.1. The van der Waals surface area contributed by atoms with Gasteiger partial charge in [-0.3, -0.25) is 9.78 Å². The standard InChI is InChI=1S/C12H20N4O.2ClH/c1-9(16(2)3)7-15-12(17)6-11-5-4-10(13)8-14-11;;/h4-5,8-9H,6-7,13H2,1-3H3,(H,15,17);2*1H. The summed E-state index contributed by atoms with van der Waals surface area (Å²) in [6.07, 6.45) is 1.85. The van der Waals surface area contributed by atoms with Gasteiger partial charge in [0, 0.05) is 18.3 Å². The number of carbonyl (C=O) groups is 1. The van der Waals surface area contributed by atoms with Crippen LogP contribution < -0.4 is 11.1 Å². The van der Waals surface area contributed by atoms with Crippen LogP contribution in [0, 0.1) is 0 Å². The van der Waals surface area contributed by atoms with Gasteiger partial charge in [-0.1, -0.05) is 0 Å². The third kappa shape index (κ3) is 7.87. The topological polar surface area (TPSA) is 71.2 Å². The largest absolute Gasteiger partial charge is 0.397 e. The molecule has 0 aliphatic heterocycles. The minimum absolute atomic E-state index is 0. The zero-order chi connectivity index (χ0) is 12.8. The molecule has 1 rings (SSSR count). The molecule has 0 saturated carbocycles. The van der Waals surface area contributed by atoms with Crippen LogP contribution in [-0.4, -0.2) is 42.5 Å². The van der Waals surface area contributed by atoms with Gasteiger partial charge in [0.25, 0.3) is 0 Å². The molecule has 0 aliphatic rings. The van der Waals surface area contributed by atoms with Crippen LogP contribution in [0.4, 0.5) is 5.69 Å². The summed E-state index contributed by atoms with van der Waals surface area (Å²) in [6, 6.07) is 3.83. The van der Waals surface area contributed by atoms with Crippen LogP contribution in [-0.2, 0) is 11.2 Å². The SMILES string of the molecule is CC(CNC(=O)Cc1ccc(N)cn1)N(C)C.Cl.Cl. The average Bonchev–Trinajstić information content (AvgIpc) is 2.29. The van der Waals surface area contributed by atoms with E-state index in [9.17, 15) is 4.79 Å². The van der Waals surface area contributed by atoms with Crippen molar-refractivity contribution in [3.05, 3.63) is 24.0 Å². The lowest BCUT2D eigenvalue weighted by atomic mass is 10.2. The van der Waals surface area contributed by atoms with Gasteiger partial charge in [0.05, 0.1) is 18.3 Å². The fourth-order valence-electron chi connectivity index (χ4n) is 1.21. The van der Waals surface area contributed by atoms with E-state index < -0.39 is 0 Å². The van der Waals surface area contributed by atoms with Gasteiger partial charge in [0.15, 0.2) is 0 Å². The highest BCUT2D eigenvalue weighted by Gasteiger charge is 2.08. The minimum Gasteiger partial charge on any atom is -0.397 e. The van der Waals surface area contributed by atoms with Crippen LogP contribution in [0.5, 0.6) is 0 Å². The maximum Gasteiger partial charge on any atom is 0.226 e. The Hall–Kier alpha value is -1.04. The van der Waals surface area contributed by atoms with E-state index in [2.05, 4.69) is 22.1 Å². The smallest absolute Gasteiger partial charge is 0.226 e. The third-order valence-corrected chi connectivity index (χ3v) is 2.67. The molecule has 0 radical (unpaired) electrons. The van der Waals surface area contributed by atoms with E-state index in [0.717, 1.165) is 5.69 Å². The van der Waals surface area contributed by atoms with Crippen molar-refractivity contribution in [1.82, 2.24) is 15.2 Å². The number of amides is 1. The van der Waals surface area contributed by atoms with Gasteiger partial charge in [-0.15, -0.1) is 24.8 Å². The first-order valence-electron chi connectivity index (χ1n) is 5.62. The molecule has 0 fully saturated rings. The number of hydrogen-bond acceptors (Lipinski definition) is 4. The fraction of sp³-hybridized carbons (Fsp3) is 0.500. The van der Waals surface area contributed by atoms with Gasteiger partial charge in [0.1, 0.15) is 0 Å². The quantitative estimate of drug-likeness (QED) is 0.855. The zero-order valence-electron chi connectivity index (χ0n) is 11.4. The molecule has 0 spiro atoms. The molecule has 5 nitrogen and oxygen atoms in total. The summed E-state index contributed by atoms with van der Waals surface area (Å²) in [5.41, 5.74) is 6.86. The molecule has 7 heteroatoms. The number of halogens is 2. The Morgan fingerprint density at radius 1 is 1.42 bits per heavy atom. The molecule has 1 amide bonds. The molecule has 1 atom stereocenters. The van der Waals surface area contributed by atoms with Gasteiger partial charge in [0.2, 0.25) is 5.91 Å². The molecule has 1 aromatic rings. The van der Waals surface area contributed by atoms with E-state index >= 15 is 0 Å². The second-order valence-electron chi connectivity index (χ2n) is 4.38. The summed E-state index contributed by atoms with van der Waals surface area (Å²) in [5.74, 6) is -0.0176. The van der Waals surface area contributed by atoms with Crippen molar-refractivity contribution in [3.8, 4) is 0 Å². The van der Waals surface area contributed by atoms with Crippen LogP contribution in [0.15, 0.2) is 18.3 Å². The first kappa shape index (κ1) is 20.3. The summed E-state index contributed by atoms with van der Waals surface area (Å²) >= 11 is 0. The Kier molecular flexibility index (Phi) is 10.5. The molecule has 1 unspecified atom stereocenters. The lowest BCUT2D eigenvalue weighted by Crippen LogP contribution is -2.38. The summed E-state index contributed by atoms with van der Waals surface area (Å²) in [7, 11) is 3.97. The Morgan fingerprint density at radius 3 is 2.53 bits per heavy atom. The Labute approximate surface area is 126 Å². The summed E-state index contributed by atoms with van der Waals surface area (Å²) in [6.45, 7) is 2.70. The van der Waals surface area contributed by atoms with Gasteiger partial charge >= 0.3 is 0 Å². The van der Waals surface area contributed by atoms with Crippen LogP contribution >= 0.6 is 24.8 Å². The number of nitrogens with one attached hydrogen (secondary N) is 1. The van der Waals surface area contributed by atoms with Crippen molar-refractivity contribution in [3.63, 3.8) is 0 Å². The van der Waals surface area contributed by atoms with E-state index in [1.807, 2.05) is 14.1 Å². The van der Waals surface area contributed by atoms with Crippen LogP contribution in [0.25, 0.3) is 0 Å². The van der Waals surface area contributed by atoms with Crippen molar-refractivity contribution in [2.24, 2.45) is 0 Å². The Balaban J connectivity index is 0. The number of nitrogen functional groups attached to an aromatic ring is 1. The predicted octanol–water partition coefficient (Wildman–Crippen LogP) is 1.12. The molecular formula is C12H22Cl2N4O. The lowest BCUT2D eigenvalue weighted by Gasteiger charge is -2.19. The number of pyridine rings is 1. The maximum absolute atomic E-state index is 11.6. The Morgan fingerprint density at radius 2 is 2.05 bits per heavy atom. The average molecular weight is 309 g/mol. The van der Waals surface area contributed by atoms with Crippen molar-refractivity contribution in [1.29, 1.82) is 0 Å². The number of nitrogens with two attached hydrogens (primary N) is 1. The normalized spacial score (nSPS) is 11.2. The lowest BCUT2D eigenvalue weighted by molar-refractivity contribution is -0.120. The molecule has 0 aromatic carbocycles. The van der Waals surface area contributed by atoms with Gasteiger partial charge in [-0.05, 0) is 33.2 Å². The highest BCUT2D eigenvalue weighted by molar-refractivity contribution is 5.85. The molecule has 0 bridgehead atoms. The summed E-state index contributed by atoms with van der Waals surface area (Å²) in [4.78, 5) is 17.8. The summed E-state index contributed by atoms with van der Waals surface area (Å²) in [5, 5.41) is 2.88. The number of carbonyl (C=O) groups excluding carboxylic acids is 1. The minimum atomic E-state index is -0.0176. The first-order chi connectivity index (χ1) is 7.99. The van der Waals surface area contributed by atoms with Gasteiger partial charge in [-0.25, -0.2) is 0 Å². The predicted molar refractivity (Wildman–Crippen MR) is 83.0 cm³/mol. The van der Waals surface area contributed by atoms with E-state index in [1.165, 1.54) is 0 Å². The second-order valence-corrected chi connectivity index (χ2v) is 4.38. The van der Waals surface area contributed by atoms with Crippen molar-refractivity contribution in [2.45, 2.75) is 19.4 Å². The van der Waals surface area contributed by atoms with Crippen LogP contribution in [0.1, 0.15) is 12.6 Å². The fourth-order valence-corrected chi connectivity index (χ4v) is 1.21. The number of likely N-dealkylation sites (N-methyl/N-ethyl adjacent to an activating group) is 1. The third-order valence-electron chi connectivity index (χ3n) is 2.67. The molecule has 1 heterocycles. The van der Waals surface area contributed by atoms with E-state index in [1.54, 1.807) is 18.3 Å². The molecule has 3 N–H and O–H groups in total. The molecule has 1 aromatic heterocycles. The highest BCUT2D eigenvalue weighted by Crippen LogP contribution is 2.01. The number of nitrogens with zero attached hydrogens (tertiary/aromatic N) is 2. The van der Waals surface area contributed by atoms with E-state index in [0.29, 0.717) is 24.7 Å². The van der Waals surface area contributed by atoms with Crippen molar-refractivity contribution < 1.29 is 4.79 Å².